The maximum absolute atomic E-state index is 9.50. The van der Waals surface area contributed by atoms with Crippen LogP contribution in [0.2, 0.25) is 0 Å². The molecule has 17 heavy (non-hydrogen) atoms. The number of aryl methyl sites for hydroxylation is 1. The molecule has 0 bridgehead atoms. The molecule has 2 N–H and O–H groups in total. The lowest BCUT2D eigenvalue weighted by Crippen LogP contribution is -2.41. The van der Waals surface area contributed by atoms with Crippen LogP contribution in [0.4, 0.5) is 5.82 Å². The maximum atomic E-state index is 9.50. The van der Waals surface area contributed by atoms with Crippen LogP contribution in [0, 0.1) is 18.3 Å². The van der Waals surface area contributed by atoms with Crippen molar-refractivity contribution < 1.29 is 5.11 Å². The SMILES string of the molecule is CCC(CC)(CO)Nc1nccc(C)c1C#N. The van der Waals surface area contributed by atoms with Crippen LogP contribution < -0.4 is 5.32 Å². The van der Waals surface area contributed by atoms with E-state index in [0.29, 0.717) is 11.4 Å². The molecule has 92 valence electrons. The molecule has 0 amide bonds. The Bertz CT molecular complexity index is 411. The fourth-order valence-electron chi connectivity index (χ4n) is 1.74. The second kappa shape index (κ2) is 5.65. The molecule has 0 saturated carbocycles. The molecule has 0 saturated heterocycles. The third kappa shape index (κ3) is 2.75. The summed E-state index contributed by atoms with van der Waals surface area (Å²) in [6.07, 6.45) is 3.23. The van der Waals surface area contributed by atoms with Crippen molar-refractivity contribution in [1.29, 1.82) is 5.26 Å². The van der Waals surface area contributed by atoms with Crippen LogP contribution in [0.1, 0.15) is 37.8 Å². The Morgan fingerprint density at radius 1 is 1.47 bits per heavy atom. The Labute approximate surface area is 102 Å². The molecule has 0 aromatic carbocycles. The minimum absolute atomic E-state index is 0.0283. The number of rotatable bonds is 5. The highest BCUT2D eigenvalue weighted by atomic mass is 16.3. The predicted molar refractivity (Wildman–Crippen MR) is 67.7 cm³/mol. The number of nitriles is 1. The van der Waals surface area contributed by atoms with Crippen LogP contribution in [0.25, 0.3) is 0 Å². The van der Waals surface area contributed by atoms with Gasteiger partial charge >= 0.3 is 0 Å². The Hall–Kier alpha value is -1.60. The van der Waals surface area contributed by atoms with Crippen molar-refractivity contribution in [2.75, 3.05) is 11.9 Å². The zero-order valence-electron chi connectivity index (χ0n) is 10.6. The molecule has 0 aliphatic rings. The van der Waals surface area contributed by atoms with E-state index in [1.165, 1.54) is 0 Å². The van der Waals surface area contributed by atoms with Crippen molar-refractivity contribution in [3.8, 4) is 6.07 Å². The highest BCUT2D eigenvalue weighted by molar-refractivity contribution is 5.56. The first kappa shape index (κ1) is 13.5. The quantitative estimate of drug-likeness (QED) is 0.818. The Kier molecular flexibility index (Phi) is 4.47. The lowest BCUT2D eigenvalue weighted by molar-refractivity contribution is 0.202. The third-order valence-corrected chi connectivity index (χ3v) is 3.31. The molecule has 0 aliphatic heterocycles. The maximum Gasteiger partial charge on any atom is 0.144 e. The summed E-state index contributed by atoms with van der Waals surface area (Å²) in [6, 6.07) is 3.96. The fraction of sp³-hybridized carbons (Fsp3) is 0.538. The summed E-state index contributed by atoms with van der Waals surface area (Å²) in [5.41, 5.74) is 1.04. The van der Waals surface area contributed by atoms with Gasteiger partial charge < -0.3 is 10.4 Å². The molecule has 0 atom stereocenters. The van der Waals surface area contributed by atoms with Gasteiger partial charge in [0.05, 0.1) is 17.7 Å². The molecule has 4 nitrogen and oxygen atoms in total. The van der Waals surface area contributed by atoms with Gasteiger partial charge in [-0.2, -0.15) is 5.26 Å². The Morgan fingerprint density at radius 3 is 2.59 bits per heavy atom. The molecular formula is C13H19N3O. The molecule has 1 aromatic heterocycles. The summed E-state index contributed by atoms with van der Waals surface area (Å²) in [5, 5.41) is 21.8. The number of hydrogen-bond donors (Lipinski definition) is 2. The molecule has 0 fully saturated rings. The standard InChI is InChI=1S/C13H19N3O/c1-4-13(5-2,9-17)16-12-11(8-14)10(3)6-7-15-12/h6-7,17H,4-5,9H2,1-3H3,(H,15,16). The fourth-order valence-corrected chi connectivity index (χ4v) is 1.74. The average Bonchev–Trinajstić information content (AvgIpc) is 2.36. The zero-order valence-corrected chi connectivity index (χ0v) is 10.6. The van der Waals surface area contributed by atoms with E-state index in [-0.39, 0.29) is 6.61 Å². The summed E-state index contributed by atoms with van der Waals surface area (Å²) in [7, 11) is 0. The lowest BCUT2D eigenvalue weighted by atomic mass is 9.93. The number of anilines is 1. The van der Waals surface area contributed by atoms with Gasteiger partial charge in [-0.05, 0) is 31.4 Å². The summed E-state index contributed by atoms with van der Waals surface area (Å²) in [6.45, 7) is 5.92. The van der Waals surface area contributed by atoms with Crippen LogP contribution in [-0.4, -0.2) is 22.2 Å². The second-order valence-corrected chi connectivity index (χ2v) is 4.23. The van der Waals surface area contributed by atoms with E-state index in [9.17, 15) is 5.11 Å². The Morgan fingerprint density at radius 2 is 2.12 bits per heavy atom. The van der Waals surface area contributed by atoms with E-state index in [4.69, 9.17) is 5.26 Å². The van der Waals surface area contributed by atoms with E-state index in [1.807, 2.05) is 26.8 Å². The van der Waals surface area contributed by atoms with Crippen molar-refractivity contribution in [2.45, 2.75) is 39.2 Å². The van der Waals surface area contributed by atoms with Crippen molar-refractivity contribution >= 4 is 5.82 Å². The van der Waals surface area contributed by atoms with E-state index >= 15 is 0 Å². The van der Waals surface area contributed by atoms with Gasteiger partial charge in [-0.15, -0.1) is 0 Å². The summed E-state index contributed by atoms with van der Waals surface area (Å²) in [4.78, 5) is 4.19. The molecule has 0 aliphatic carbocycles. The van der Waals surface area contributed by atoms with E-state index in [0.717, 1.165) is 18.4 Å². The van der Waals surface area contributed by atoms with Crippen LogP contribution in [-0.2, 0) is 0 Å². The number of nitrogens with zero attached hydrogens (tertiary/aromatic N) is 2. The van der Waals surface area contributed by atoms with Gasteiger partial charge in [0.2, 0.25) is 0 Å². The van der Waals surface area contributed by atoms with Gasteiger partial charge in [0.25, 0.3) is 0 Å². The first-order chi connectivity index (χ1) is 8.12. The number of aliphatic hydroxyl groups excluding tert-OH is 1. The van der Waals surface area contributed by atoms with Crippen molar-refractivity contribution in [3.63, 3.8) is 0 Å². The molecular weight excluding hydrogens is 214 g/mol. The first-order valence-corrected chi connectivity index (χ1v) is 5.87. The molecule has 1 heterocycles. The number of pyridine rings is 1. The van der Waals surface area contributed by atoms with E-state index in [1.54, 1.807) is 6.20 Å². The van der Waals surface area contributed by atoms with Crippen molar-refractivity contribution in [1.82, 2.24) is 4.98 Å². The summed E-state index contributed by atoms with van der Waals surface area (Å²) >= 11 is 0. The molecule has 0 spiro atoms. The van der Waals surface area contributed by atoms with Crippen LogP contribution in [0.15, 0.2) is 12.3 Å². The van der Waals surface area contributed by atoms with E-state index in [2.05, 4.69) is 16.4 Å². The molecule has 1 aromatic rings. The second-order valence-electron chi connectivity index (χ2n) is 4.23. The van der Waals surface area contributed by atoms with Gasteiger partial charge in [0.1, 0.15) is 11.9 Å². The highest BCUT2D eigenvalue weighted by Crippen LogP contribution is 2.24. The first-order valence-electron chi connectivity index (χ1n) is 5.87. The lowest BCUT2D eigenvalue weighted by Gasteiger charge is -2.31. The summed E-state index contributed by atoms with van der Waals surface area (Å²) < 4.78 is 0. The predicted octanol–water partition coefficient (Wildman–Crippen LogP) is 2.22. The summed E-state index contributed by atoms with van der Waals surface area (Å²) in [5.74, 6) is 0.560. The minimum atomic E-state index is -0.396. The van der Waals surface area contributed by atoms with Gasteiger partial charge in [0.15, 0.2) is 0 Å². The number of nitrogens with one attached hydrogen (secondary N) is 1. The topological polar surface area (TPSA) is 68.9 Å². The molecule has 4 heteroatoms. The van der Waals surface area contributed by atoms with Crippen molar-refractivity contribution in [3.05, 3.63) is 23.4 Å². The third-order valence-electron chi connectivity index (χ3n) is 3.31. The van der Waals surface area contributed by atoms with Gasteiger partial charge in [-0.3, -0.25) is 0 Å². The van der Waals surface area contributed by atoms with Gasteiger partial charge in [-0.25, -0.2) is 4.98 Å². The number of aromatic nitrogens is 1. The van der Waals surface area contributed by atoms with Crippen molar-refractivity contribution in [2.24, 2.45) is 0 Å². The molecule has 1 rings (SSSR count). The minimum Gasteiger partial charge on any atom is -0.394 e. The number of aliphatic hydroxyl groups is 1. The van der Waals surface area contributed by atoms with Crippen LogP contribution in [0.3, 0.4) is 0 Å². The monoisotopic (exact) mass is 233 g/mol. The smallest absolute Gasteiger partial charge is 0.144 e. The van der Waals surface area contributed by atoms with Gasteiger partial charge in [-0.1, -0.05) is 13.8 Å². The largest absolute Gasteiger partial charge is 0.394 e. The average molecular weight is 233 g/mol. The molecule has 0 radical (unpaired) electrons. The van der Waals surface area contributed by atoms with E-state index < -0.39 is 5.54 Å². The normalized spacial score (nSPS) is 11.0. The van der Waals surface area contributed by atoms with Crippen LogP contribution >= 0.6 is 0 Å². The highest BCUT2D eigenvalue weighted by Gasteiger charge is 2.26. The molecule has 0 unspecified atom stereocenters. The number of hydrogen-bond acceptors (Lipinski definition) is 4. The zero-order chi connectivity index (χ0) is 12.9. The Balaban J connectivity index is 3.10. The van der Waals surface area contributed by atoms with Crippen LogP contribution in [0.5, 0.6) is 0 Å². The van der Waals surface area contributed by atoms with Gasteiger partial charge in [0, 0.05) is 6.20 Å².